The summed E-state index contributed by atoms with van der Waals surface area (Å²) in [6, 6.07) is 5.65. The third kappa shape index (κ3) is 2.30. The molecule has 1 heterocycles. The quantitative estimate of drug-likeness (QED) is 0.920. The molecule has 20 heavy (non-hydrogen) atoms. The first-order chi connectivity index (χ1) is 9.27. The summed E-state index contributed by atoms with van der Waals surface area (Å²) < 4.78 is 2.18. The third-order valence-electron chi connectivity index (χ3n) is 3.65. The fourth-order valence-corrected chi connectivity index (χ4v) is 2.45. The van der Waals surface area contributed by atoms with Crippen molar-refractivity contribution in [1.82, 2.24) is 9.55 Å². The number of nitrogens with zero attached hydrogens (tertiary/aromatic N) is 2. The number of rotatable bonds is 3. The smallest absolute Gasteiger partial charge is 0.337 e. The molecule has 0 fully saturated rings. The van der Waals surface area contributed by atoms with Crippen molar-refractivity contribution in [1.29, 1.82) is 0 Å². The second-order valence-electron chi connectivity index (χ2n) is 6.29. The van der Waals surface area contributed by atoms with Crippen LogP contribution in [0, 0.1) is 0 Å². The van der Waals surface area contributed by atoms with Gasteiger partial charge in [-0.15, -0.1) is 0 Å². The Labute approximate surface area is 119 Å². The molecule has 2 rings (SSSR count). The van der Waals surface area contributed by atoms with Crippen LogP contribution in [0.1, 0.15) is 63.3 Å². The van der Waals surface area contributed by atoms with Gasteiger partial charge < -0.3 is 9.67 Å². The van der Waals surface area contributed by atoms with Crippen LogP contribution in [-0.2, 0) is 5.41 Å². The Morgan fingerprint density at radius 1 is 1.40 bits per heavy atom. The fraction of sp³-hybridized carbons (Fsp3) is 0.500. The van der Waals surface area contributed by atoms with Crippen LogP contribution in [0.2, 0.25) is 0 Å². The van der Waals surface area contributed by atoms with Gasteiger partial charge in [0.25, 0.3) is 0 Å². The molecule has 1 unspecified atom stereocenters. The minimum atomic E-state index is -0.926. The van der Waals surface area contributed by atoms with E-state index in [0.717, 1.165) is 17.8 Å². The lowest BCUT2D eigenvalue weighted by molar-refractivity contribution is 0.0699. The molecule has 4 heteroatoms. The second-order valence-corrected chi connectivity index (χ2v) is 6.29. The lowest BCUT2D eigenvalue weighted by Crippen LogP contribution is -2.20. The van der Waals surface area contributed by atoms with Gasteiger partial charge in [0.05, 0.1) is 11.1 Å². The van der Waals surface area contributed by atoms with E-state index in [9.17, 15) is 9.90 Å². The molecule has 2 aromatic rings. The van der Waals surface area contributed by atoms with Crippen molar-refractivity contribution < 1.29 is 9.90 Å². The van der Waals surface area contributed by atoms with E-state index in [1.807, 2.05) is 6.07 Å². The van der Waals surface area contributed by atoms with Gasteiger partial charge in [0.15, 0.2) is 0 Å². The standard InChI is InChI=1S/C16H22N2O2/c1-6-10(2)18-12-9-7-8-11(14(19)20)13(12)17-15(18)16(3,4)5/h7-10H,6H2,1-5H3,(H,19,20). The molecule has 108 valence electrons. The average molecular weight is 274 g/mol. The Hall–Kier alpha value is -1.84. The van der Waals surface area contributed by atoms with E-state index in [0.29, 0.717) is 11.6 Å². The van der Waals surface area contributed by atoms with Gasteiger partial charge in [-0.1, -0.05) is 33.8 Å². The van der Waals surface area contributed by atoms with Gasteiger partial charge in [-0.2, -0.15) is 0 Å². The molecule has 1 atom stereocenters. The summed E-state index contributed by atoms with van der Waals surface area (Å²) in [7, 11) is 0. The highest BCUT2D eigenvalue weighted by molar-refractivity contribution is 6.01. The molecule has 1 aromatic carbocycles. The predicted molar refractivity (Wildman–Crippen MR) is 80.4 cm³/mol. The first-order valence-corrected chi connectivity index (χ1v) is 7.02. The number of imidazole rings is 1. The van der Waals surface area contributed by atoms with E-state index in [-0.39, 0.29) is 11.0 Å². The highest BCUT2D eigenvalue weighted by Crippen LogP contribution is 2.31. The van der Waals surface area contributed by atoms with Crippen molar-refractivity contribution in [3.05, 3.63) is 29.6 Å². The molecule has 1 N–H and O–H groups in total. The van der Waals surface area contributed by atoms with Crippen LogP contribution in [0.4, 0.5) is 0 Å². The van der Waals surface area contributed by atoms with Crippen LogP contribution in [-0.4, -0.2) is 20.6 Å². The number of carbonyl (C=O) groups is 1. The van der Waals surface area contributed by atoms with Gasteiger partial charge in [-0.05, 0) is 25.5 Å². The van der Waals surface area contributed by atoms with E-state index >= 15 is 0 Å². The third-order valence-corrected chi connectivity index (χ3v) is 3.65. The molecule has 0 spiro atoms. The van der Waals surface area contributed by atoms with Crippen LogP contribution in [0.15, 0.2) is 18.2 Å². The number of aromatic nitrogens is 2. The maximum Gasteiger partial charge on any atom is 0.337 e. The van der Waals surface area contributed by atoms with Crippen molar-refractivity contribution in [2.24, 2.45) is 0 Å². The normalized spacial score (nSPS) is 13.7. The molecule has 0 aliphatic rings. The molecule has 0 amide bonds. The molecule has 0 saturated carbocycles. The number of hydrogen-bond donors (Lipinski definition) is 1. The zero-order valence-corrected chi connectivity index (χ0v) is 12.8. The summed E-state index contributed by atoms with van der Waals surface area (Å²) >= 11 is 0. The average Bonchev–Trinajstić information content (AvgIpc) is 2.76. The van der Waals surface area contributed by atoms with Gasteiger partial charge in [-0.25, -0.2) is 9.78 Å². The van der Waals surface area contributed by atoms with Crippen molar-refractivity contribution in [3.63, 3.8) is 0 Å². The molecule has 0 radical (unpaired) electrons. The Morgan fingerprint density at radius 2 is 2.05 bits per heavy atom. The maximum absolute atomic E-state index is 11.4. The Kier molecular flexibility index (Phi) is 3.59. The molecule has 4 nitrogen and oxygen atoms in total. The highest BCUT2D eigenvalue weighted by Gasteiger charge is 2.26. The van der Waals surface area contributed by atoms with Crippen molar-refractivity contribution in [2.45, 2.75) is 52.5 Å². The van der Waals surface area contributed by atoms with Crippen molar-refractivity contribution in [3.8, 4) is 0 Å². The first-order valence-electron chi connectivity index (χ1n) is 7.02. The number of hydrogen-bond acceptors (Lipinski definition) is 2. The number of fused-ring (bicyclic) bond motifs is 1. The number of carboxylic acid groups (broad SMARTS) is 1. The van der Waals surface area contributed by atoms with E-state index in [2.05, 4.69) is 44.2 Å². The molecule has 0 saturated heterocycles. The molecule has 1 aromatic heterocycles. The van der Waals surface area contributed by atoms with Gasteiger partial charge in [0.2, 0.25) is 0 Å². The van der Waals surface area contributed by atoms with Gasteiger partial charge >= 0.3 is 5.97 Å². The molecule has 0 aliphatic heterocycles. The van der Waals surface area contributed by atoms with Gasteiger partial charge in [0.1, 0.15) is 11.3 Å². The van der Waals surface area contributed by atoms with Crippen molar-refractivity contribution >= 4 is 17.0 Å². The van der Waals surface area contributed by atoms with Crippen molar-refractivity contribution in [2.75, 3.05) is 0 Å². The summed E-state index contributed by atoms with van der Waals surface area (Å²) in [6.45, 7) is 10.6. The number of aromatic carboxylic acids is 1. The van der Waals surface area contributed by atoms with Crippen LogP contribution in [0.25, 0.3) is 11.0 Å². The first kappa shape index (κ1) is 14.6. The molecule has 0 aliphatic carbocycles. The number of para-hydroxylation sites is 1. The SMILES string of the molecule is CCC(C)n1c(C(C)(C)C)nc2c(C(=O)O)cccc21. The van der Waals surface area contributed by atoms with Gasteiger partial charge in [0, 0.05) is 11.5 Å². The zero-order valence-electron chi connectivity index (χ0n) is 12.8. The summed E-state index contributed by atoms with van der Waals surface area (Å²) in [6.07, 6.45) is 0.978. The fourth-order valence-electron chi connectivity index (χ4n) is 2.45. The van der Waals surface area contributed by atoms with Crippen LogP contribution >= 0.6 is 0 Å². The molecular formula is C16H22N2O2. The summed E-state index contributed by atoms with van der Waals surface area (Å²) in [5, 5.41) is 9.33. The van der Waals surface area contributed by atoms with Gasteiger partial charge in [-0.3, -0.25) is 0 Å². The van der Waals surface area contributed by atoms with E-state index in [1.165, 1.54) is 0 Å². The second kappa shape index (κ2) is 4.93. The summed E-state index contributed by atoms with van der Waals surface area (Å²) in [5.41, 5.74) is 1.64. The largest absolute Gasteiger partial charge is 0.478 e. The Bertz CT molecular complexity index is 650. The summed E-state index contributed by atoms with van der Waals surface area (Å²) in [5.74, 6) is 0.0143. The molecule has 0 bridgehead atoms. The van der Waals surface area contributed by atoms with E-state index in [1.54, 1.807) is 12.1 Å². The van der Waals surface area contributed by atoms with E-state index < -0.39 is 5.97 Å². The minimum Gasteiger partial charge on any atom is -0.478 e. The van der Waals surface area contributed by atoms with E-state index in [4.69, 9.17) is 0 Å². The van der Waals surface area contributed by atoms with Crippen LogP contribution < -0.4 is 0 Å². The Morgan fingerprint density at radius 3 is 2.55 bits per heavy atom. The zero-order chi connectivity index (χ0) is 15.1. The van der Waals surface area contributed by atoms with Crippen LogP contribution in [0.5, 0.6) is 0 Å². The summed E-state index contributed by atoms with van der Waals surface area (Å²) in [4.78, 5) is 16.0. The lowest BCUT2D eigenvalue weighted by atomic mass is 9.95. The minimum absolute atomic E-state index is 0.127. The lowest BCUT2D eigenvalue weighted by Gasteiger charge is -2.23. The predicted octanol–water partition coefficient (Wildman–Crippen LogP) is 4.00. The Balaban J connectivity index is 2.86. The maximum atomic E-state index is 11.4. The number of carboxylic acids is 1. The topological polar surface area (TPSA) is 55.1 Å². The monoisotopic (exact) mass is 274 g/mol. The number of benzene rings is 1. The highest BCUT2D eigenvalue weighted by atomic mass is 16.4. The van der Waals surface area contributed by atoms with Crippen LogP contribution in [0.3, 0.4) is 0 Å². The molecular weight excluding hydrogens is 252 g/mol.